The van der Waals surface area contributed by atoms with Crippen molar-refractivity contribution in [1.29, 1.82) is 5.26 Å². The lowest BCUT2D eigenvalue weighted by Gasteiger charge is -2.42. The van der Waals surface area contributed by atoms with Crippen molar-refractivity contribution in [1.82, 2.24) is 24.7 Å². The van der Waals surface area contributed by atoms with Gasteiger partial charge in [-0.05, 0) is 86.1 Å². The number of rotatable bonds is 3. The Balaban J connectivity index is 1.12. The summed E-state index contributed by atoms with van der Waals surface area (Å²) in [7, 11) is 0. The predicted molar refractivity (Wildman–Crippen MR) is 159 cm³/mol. The van der Waals surface area contributed by atoms with Crippen LogP contribution < -0.4 is 15.5 Å². The highest BCUT2D eigenvalue weighted by atomic mass is 16.5. The van der Waals surface area contributed by atoms with Gasteiger partial charge in [-0.3, -0.25) is 4.98 Å². The van der Waals surface area contributed by atoms with Gasteiger partial charge in [0.15, 0.2) is 23.2 Å². The molecule has 42 heavy (non-hydrogen) atoms. The molecule has 0 amide bonds. The second-order valence-corrected chi connectivity index (χ2v) is 12.2. The van der Waals surface area contributed by atoms with Crippen LogP contribution in [-0.2, 0) is 17.6 Å². The minimum atomic E-state index is -0.147. The summed E-state index contributed by atoms with van der Waals surface area (Å²) in [6, 6.07) is 12.4. The largest absolute Gasteiger partial charge is 0.356 e. The Morgan fingerprint density at radius 3 is 2.79 bits per heavy atom. The standard InChI is InChI=1S/C32H35N9O/c33-19-21-6-3-7-22-23(21)18-32(29(22)34)11-15-39(16-12-32)26-20-36-28-30(37-26)41(27-10-1-2-17-42-27)38-31(28)40-14-5-8-24-25(40)9-4-13-35-24/h3-4,6-7,9,13,20,27,29H,1-2,5,8,10-12,14-18,34H2. The maximum absolute atomic E-state index is 9.67. The number of benzene rings is 1. The molecule has 8 rings (SSSR count). The number of nitrogens with two attached hydrogens (primary N) is 1. The second-order valence-electron chi connectivity index (χ2n) is 12.2. The Morgan fingerprint density at radius 2 is 1.95 bits per heavy atom. The molecule has 2 atom stereocenters. The fraction of sp³-hybridized carbons (Fsp3) is 0.469. The zero-order valence-corrected chi connectivity index (χ0v) is 23.7. The molecule has 10 heteroatoms. The molecule has 4 aliphatic rings. The third kappa shape index (κ3) is 3.98. The van der Waals surface area contributed by atoms with Gasteiger partial charge in [-0.15, -0.1) is 5.10 Å². The lowest BCUT2D eigenvalue weighted by Crippen LogP contribution is -2.44. The molecule has 2 saturated heterocycles. The summed E-state index contributed by atoms with van der Waals surface area (Å²) in [4.78, 5) is 19.4. The van der Waals surface area contributed by atoms with Crippen molar-refractivity contribution in [3.8, 4) is 6.07 Å². The number of nitriles is 1. The molecule has 10 nitrogen and oxygen atoms in total. The van der Waals surface area contributed by atoms with Crippen molar-refractivity contribution >= 4 is 28.5 Å². The Hall–Kier alpha value is -4.07. The van der Waals surface area contributed by atoms with Gasteiger partial charge in [0.05, 0.1) is 29.2 Å². The summed E-state index contributed by atoms with van der Waals surface area (Å²) >= 11 is 0. The number of ether oxygens (including phenoxy) is 1. The summed E-state index contributed by atoms with van der Waals surface area (Å²) in [5.41, 5.74) is 13.6. The maximum Gasteiger partial charge on any atom is 0.183 e. The van der Waals surface area contributed by atoms with E-state index in [2.05, 4.69) is 33.0 Å². The van der Waals surface area contributed by atoms with Gasteiger partial charge >= 0.3 is 0 Å². The molecule has 0 radical (unpaired) electrons. The van der Waals surface area contributed by atoms with Crippen molar-refractivity contribution in [2.24, 2.45) is 11.1 Å². The van der Waals surface area contributed by atoms with Gasteiger partial charge in [0.25, 0.3) is 0 Å². The number of anilines is 3. The molecule has 214 valence electrons. The summed E-state index contributed by atoms with van der Waals surface area (Å²) in [6.45, 7) is 3.28. The van der Waals surface area contributed by atoms with E-state index in [0.29, 0.717) is 0 Å². The molecule has 6 heterocycles. The fourth-order valence-corrected chi connectivity index (χ4v) is 7.61. The van der Waals surface area contributed by atoms with Crippen LogP contribution in [0.1, 0.15) is 73.2 Å². The zero-order chi connectivity index (χ0) is 28.3. The van der Waals surface area contributed by atoms with E-state index in [1.54, 1.807) is 0 Å². The lowest BCUT2D eigenvalue weighted by molar-refractivity contribution is -0.0368. The molecule has 0 saturated carbocycles. The van der Waals surface area contributed by atoms with Gasteiger partial charge in [0.1, 0.15) is 5.82 Å². The molecule has 2 fully saturated rings. The summed E-state index contributed by atoms with van der Waals surface area (Å²) in [5.74, 6) is 1.69. The monoisotopic (exact) mass is 561 g/mol. The third-order valence-electron chi connectivity index (χ3n) is 9.95. The van der Waals surface area contributed by atoms with Gasteiger partial charge in [-0.25, -0.2) is 14.6 Å². The Kier molecular flexibility index (Phi) is 6.12. The zero-order valence-electron chi connectivity index (χ0n) is 23.7. The minimum Gasteiger partial charge on any atom is -0.356 e. The SMILES string of the molecule is N#Cc1cccc2c1CC1(CCN(c3cnc4c(N5CCCc6ncccc65)nn(C5CCCCO5)c4n3)CC1)C2N. The van der Waals surface area contributed by atoms with E-state index in [9.17, 15) is 5.26 Å². The quantitative estimate of drug-likeness (QED) is 0.379. The molecular formula is C32H35N9O. The average Bonchev–Trinajstić information content (AvgIpc) is 3.56. The van der Waals surface area contributed by atoms with E-state index in [0.717, 1.165) is 128 Å². The molecular weight excluding hydrogens is 526 g/mol. The van der Waals surface area contributed by atoms with Crippen LogP contribution in [0.4, 0.5) is 17.3 Å². The van der Waals surface area contributed by atoms with Crippen LogP contribution in [0.2, 0.25) is 0 Å². The van der Waals surface area contributed by atoms with Crippen molar-refractivity contribution < 1.29 is 4.74 Å². The summed E-state index contributed by atoms with van der Waals surface area (Å²) in [6.07, 6.45) is 11.5. The van der Waals surface area contributed by atoms with Crippen molar-refractivity contribution in [3.63, 3.8) is 0 Å². The van der Waals surface area contributed by atoms with Crippen LogP contribution in [0.3, 0.4) is 0 Å². The lowest BCUT2D eigenvalue weighted by atomic mass is 9.73. The highest BCUT2D eigenvalue weighted by Crippen LogP contribution is 2.51. The van der Waals surface area contributed by atoms with Gasteiger partial charge < -0.3 is 20.3 Å². The van der Waals surface area contributed by atoms with Gasteiger partial charge in [-0.2, -0.15) is 5.26 Å². The number of aromatic nitrogens is 5. The Morgan fingerprint density at radius 1 is 1.05 bits per heavy atom. The van der Waals surface area contributed by atoms with E-state index < -0.39 is 0 Å². The highest BCUT2D eigenvalue weighted by Gasteiger charge is 2.47. The third-order valence-corrected chi connectivity index (χ3v) is 9.95. The number of hydrogen-bond donors (Lipinski definition) is 1. The second kappa shape index (κ2) is 10.0. The molecule has 4 aromatic rings. The number of nitrogens with zero attached hydrogens (tertiary/aromatic N) is 8. The average molecular weight is 562 g/mol. The van der Waals surface area contributed by atoms with Crippen molar-refractivity contribution in [2.75, 3.05) is 36.0 Å². The van der Waals surface area contributed by atoms with Gasteiger partial charge in [0.2, 0.25) is 0 Å². The molecule has 1 aromatic carbocycles. The van der Waals surface area contributed by atoms with Crippen LogP contribution in [0, 0.1) is 16.7 Å². The van der Waals surface area contributed by atoms with Crippen LogP contribution in [0.5, 0.6) is 0 Å². The number of fused-ring (bicyclic) bond motifs is 3. The van der Waals surface area contributed by atoms with Crippen molar-refractivity contribution in [2.45, 2.75) is 63.6 Å². The first-order chi connectivity index (χ1) is 20.6. The molecule has 1 aliphatic carbocycles. The first-order valence-electron chi connectivity index (χ1n) is 15.3. The number of piperidine rings is 1. The Labute approximate surface area is 245 Å². The maximum atomic E-state index is 9.67. The summed E-state index contributed by atoms with van der Waals surface area (Å²) in [5, 5.41) is 14.8. The molecule has 0 bridgehead atoms. The normalized spacial score (nSPS) is 23.1. The van der Waals surface area contributed by atoms with Gasteiger partial charge in [-0.1, -0.05) is 12.1 Å². The number of hydrogen-bond acceptors (Lipinski definition) is 9. The number of pyridine rings is 1. The fourth-order valence-electron chi connectivity index (χ4n) is 7.61. The van der Waals surface area contributed by atoms with Crippen LogP contribution in [0.15, 0.2) is 42.7 Å². The van der Waals surface area contributed by atoms with Crippen molar-refractivity contribution in [3.05, 3.63) is 65.1 Å². The minimum absolute atomic E-state index is 0.0239. The predicted octanol–water partition coefficient (Wildman–Crippen LogP) is 4.72. The van der Waals surface area contributed by atoms with E-state index in [1.165, 1.54) is 0 Å². The van der Waals surface area contributed by atoms with Crippen LogP contribution >= 0.6 is 0 Å². The van der Waals surface area contributed by atoms with E-state index in [1.807, 2.05) is 35.3 Å². The molecule has 3 aliphatic heterocycles. The van der Waals surface area contributed by atoms with E-state index in [-0.39, 0.29) is 17.7 Å². The molecule has 2 unspecified atom stereocenters. The smallest absolute Gasteiger partial charge is 0.183 e. The summed E-state index contributed by atoms with van der Waals surface area (Å²) < 4.78 is 8.18. The van der Waals surface area contributed by atoms with Gasteiger partial charge in [0, 0.05) is 38.5 Å². The highest BCUT2D eigenvalue weighted by molar-refractivity contribution is 5.88. The Bertz CT molecular complexity index is 1690. The molecule has 3 aromatic heterocycles. The van der Waals surface area contributed by atoms with Crippen LogP contribution in [0.25, 0.3) is 11.2 Å². The first kappa shape index (κ1) is 25.6. The topological polar surface area (TPSA) is 122 Å². The number of aryl methyl sites for hydroxylation is 1. The van der Waals surface area contributed by atoms with E-state index in [4.69, 9.17) is 25.5 Å². The molecule has 1 spiro atoms. The molecule has 2 N–H and O–H groups in total. The first-order valence-corrected chi connectivity index (χ1v) is 15.3. The van der Waals surface area contributed by atoms with Crippen LogP contribution in [-0.4, -0.2) is 51.0 Å². The van der Waals surface area contributed by atoms with E-state index >= 15 is 0 Å².